The van der Waals surface area contributed by atoms with Crippen LogP contribution in [0.25, 0.3) is 0 Å². The fraction of sp³-hybridized carbons (Fsp3) is 0.231. The lowest BCUT2D eigenvalue weighted by molar-refractivity contribution is -0.117. The van der Waals surface area contributed by atoms with E-state index >= 15 is 0 Å². The summed E-state index contributed by atoms with van der Waals surface area (Å²) in [6, 6.07) is 24.5. The number of rotatable bonds is 5. The average Bonchev–Trinajstić information content (AvgIpc) is 3.25. The molecule has 5 rings (SSSR count). The average molecular weight is 493 g/mol. The molecule has 8 heteroatoms. The van der Waals surface area contributed by atoms with Gasteiger partial charge in [-0.2, -0.15) is 4.99 Å². The molecule has 0 spiro atoms. The SMILES string of the molecule is Cc1cccc(CC(=O)N=C2S[C@H]3CS(=O)(=O)C[C@@H]3N2c2ccc(Oc3ccccc3)cc2)c1. The highest BCUT2D eigenvalue weighted by molar-refractivity contribution is 8.16. The Kier molecular flexibility index (Phi) is 6.18. The van der Waals surface area contributed by atoms with E-state index in [2.05, 4.69) is 4.99 Å². The Morgan fingerprint density at radius 3 is 2.47 bits per heavy atom. The molecule has 0 N–H and O–H groups in total. The number of nitrogens with zero attached hydrogens (tertiary/aromatic N) is 2. The van der Waals surface area contributed by atoms with Crippen LogP contribution in [0.15, 0.2) is 83.9 Å². The molecule has 0 bridgehead atoms. The first-order valence-corrected chi connectivity index (χ1v) is 13.7. The van der Waals surface area contributed by atoms with E-state index in [4.69, 9.17) is 4.74 Å². The molecule has 3 aromatic carbocycles. The smallest absolute Gasteiger partial charge is 0.252 e. The largest absolute Gasteiger partial charge is 0.457 e. The van der Waals surface area contributed by atoms with E-state index in [9.17, 15) is 13.2 Å². The second-order valence-corrected chi connectivity index (χ2v) is 11.9. The van der Waals surface area contributed by atoms with E-state index in [-0.39, 0.29) is 35.1 Å². The number of hydrogen-bond donors (Lipinski definition) is 0. The maximum Gasteiger partial charge on any atom is 0.252 e. The highest BCUT2D eigenvalue weighted by Crippen LogP contribution is 2.41. The highest BCUT2D eigenvalue weighted by atomic mass is 32.2. The number of para-hydroxylation sites is 1. The topological polar surface area (TPSA) is 76.0 Å². The van der Waals surface area contributed by atoms with Crippen molar-refractivity contribution in [2.75, 3.05) is 16.4 Å². The Hall–Kier alpha value is -3.10. The molecule has 6 nitrogen and oxygen atoms in total. The number of thioether (sulfide) groups is 1. The molecule has 0 saturated carbocycles. The first-order valence-electron chi connectivity index (χ1n) is 11.0. The van der Waals surface area contributed by atoms with E-state index in [1.807, 2.05) is 90.7 Å². The van der Waals surface area contributed by atoms with Crippen molar-refractivity contribution in [3.63, 3.8) is 0 Å². The fourth-order valence-corrected chi connectivity index (χ4v) is 8.24. The summed E-state index contributed by atoms with van der Waals surface area (Å²) in [6.07, 6.45) is 0.205. The van der Waals surface area contributed by atoms with Gasteiger partial charge in [-0.15, -0.1) is 0 Å². The van der Waals surface area contributed by atoms with E-state index in [1.54, 1.807) is 0 Å². The summed E-state index contributed by atoms with van der Waals surface area (Å²) in [5.74, 6) is 1.31. The van der Waals surface area contributed by atoms with E-state index in [1.165, 1.54) is 11.8 Å². The molecular formula is C26H24N2O4S2. The molecule has 2 atom stereocenters. The van der Waals surface area contributed by atoms with Crippen molar-refractivity contribution in [2.45, 2.75) is 24.6 Å². The molecule has 0 radical (unpaired) electrons. The molecule has 2 heterocycles. The molecule has 2 fully saturated rings. The number of carbonyl (C=O) groups is 1. The third-order valence-electron chi connectivity index (χ3n) is 5.82. The quantitative estimate of drug-likeness (QED) is 0.517. The molecule has 0 unspecified atom stereocenters. The lowest BCUT2D eigenvalue weighted by Gasteiger charge is -2.24. The molecule has 34 heavy (non-hydrogen) atoms. The fourth-order valence-electron chi connectivity index (χ4n) is 4.31. The van der Waals surface area contributed by atoms with Gasteiger partial charge >= 0.3 is 0 Å². The predicted molar refractivity (Wildman–Crippen MR) is 137 cm³/mol. The molecule has 0 aromatic heterocycles. The van der Waals surface area contributed by atoms with Gasteiger partial charge in [-0.25, -0.2) is 8.42 Å². The molecule has 0 aliphatic carbocycles. The minimum Gasteiger partial charge on any atom is -0.457 e. The Labute approximate surface area is 203 Å². The monoisotopic (exact) mass is 492 g/mol. The third kappa shape index (κ3) is 5.03. The summed E-state index contributed by atoms with van der Waals surface area (Å²) in [5, 5.41) is 0.412. The number of hydrogen-bond acceptors (Lipinski definition) is 5. The normalized spacial score (nSPS) is 22.0. The van der Waals surface area contributed by atoms with Gasteiger partial charge in [0, 0.05) is 10.9 Å². The maximum absolute atomic E-state index is 12.8. The van der Waals surface area contributed by atoms with Gasteiger partial charge in [-0.05, 0) is 48.9 Å². The number of carbonyl (C=O) groups excluding carboxylic acids is 1. The zero-order valence-electron chi connectivity index (χ0n) is 18.6. The molecule has 2 aliphatic rings. The molecule has 2 saturated heterocycles. The van der Waals surface area contributed by atoms with Gasteiger partial charge < -0.3 is 9.64 Å². The van der Waals surface area contributed by atoms with Gasteiger partial charge in [-0.3, -0.25) is 4.79 Å². The summed E-state index contributed by atoms with van der Waals surface area (Å²) in [6.45, 7) is 1.99. The van der Waals surface area contributed by atoms with Crippen molar-refractivity contribution < 1.29 is 17.9 Å². The Bertz CT molecular complexity index is 1340. The number of ether oxygens (including phenoxy) is 1. The van der Waals surface area contributed by atoms with Crippen LogP contribution in [0, 0.1) is 6.92 Å². The van der Waals surface area contributed by atoms with Crippen molar-refractivity contribution in [2.24, 2.45) is 4.99 Å². The van der Waals surface area contributed by atoms with Gasteiger partial charge in [0.1, 0.15) is 11.5 Å². The molecule has 2 aliphatic heterocycles. The summed E-state index contributed by atoms with van der Waals surface area (Å²) in [7, 11) is -3.13. The highest BCUT2D eigenvalue weighted by Gasteiger charge is 2.49. The second kappa shape index (κ2) is 9.27. The van der Waals surface area contributed by atoms with Crippen LogP contribution in [0.1, 0.15) is 11.1 Å². The van der Waals surface area contributed by atoms with Crippen LogP contribution in [0.5, 0.6) is 11.5 Å². The Morgan fingerprint density at radius 1 is 1.00 bits per heavy atom. The van der Waals surface area contributed by atoms with Crippen molar-refractivity contribution in [1.29, 1.82) is 0 Å². The summed E-state index contributed by atoms with van der Waals surface area (Å²) < 4.78 is 30.5. The van der Waals surface area contributed by atoms with Crippen molar-refractivity contribution >= 4 is 38.4 Å². The first-order chi connectivity index (χ1) is 16.4. The van der Waals surface area contributed by atoms with Crippen LogP contribution < -0.4 is 9.64 Å². The first kappa shape index (κ1) is 22.7. The van der Waals surface area contributed by atoms with Crippen LogP contribution in [0.3, 0.4) is 0 Å². The second-order valence-electron chi connectivity index (χ2n) is 8.53. The Morgan fingerprint density at radius 2 is 1.74 bits per heavy atom. The van der Waals surface area contributed by atoms with Crippen molar-refractivity contribution in [1.82, 2.24) is 0 Å². The van der Waals surface area contributed by atoms with E-state index in [0.29, 0.717) is 10.9 Å². The lowest BCUT2D eigenvalue weighted by Crippen LogP contribution is -2.37. The zero-order valence-corrected chi connectivity index (χ0v) is 20.3. The maximum atomic E-state index is 12.8. The minimum atomic E-state index is -3.13. The van der Waals surface area contributed by atoms with Crippen LogP contribution in [0.2, 0.25) is 0 Å². The van der Waals surface area contributed by atoms with Gasteiger partial charge in [0.25, 0.3) is 5.91 Å². The third-order valence-corrected chi connectivity index (χ3v) is 9.03. The minimum absolute atomic E-state index is 0.0536. The van der Waals surface area contributed by atoms with Crippen molar-refractivity contribution in [3.8, 4) is 11.5 Å². The number of sulfone groups is 1. The van der Waals surface area contributed by atoms with E-state index < -0.39 is 9.84 Å². The van der Waals surface area contributed by atoms with Gasteiger partial charge in [-0.1, -0.05) is 59.8 Å². The van der Waals surface area contributed by atoms with Gasteiger partial charge in [0.2, 0.25) is 0 Å². The van der Waals surface area contributed by atoms with E-state index in [0.717, 1.165) is 22.6 Å². The number of benzene rings is 3. The predicted octanol–water partition coefficient (Wildman–Crippen LogP) is 4.63. The van der Waals surface area contributed by atoms with Crippen LogP contribution in [-0.4, -0.2) is 42.3 Å². The molecule has 1 amide bonds. The molecular weight excluding hydrogens is 468 g/mol. The summed E-state index contributed by atoms with van der Waals surface area (Å²) >= 11 is 1.38. The van der Waals surface area contributed by atoms with Gasteiger partial charge in [0.15, 0.2) is 15.0 Å². The van der Waals surface area contributed by atoms with Crippen molar-refractivity contribution in [3.05, 3.63) is 90.0 Å². The zero-order chi connectivity index (χ0) is 23.7. The Balaban J connectivity index is 1.40. The summed E-state index contributed by atoms with van der Waals surface area (Å²) in [4.78, 5) is 19.1. The summed E-state index contributed by atoms with van der Waals surface area (Å²) in [5.41, 5.74) is 2.79. The van der Waals surface area contributed by atoms with Gasteiger partial charge in [0.05, 0.1) is 24.0 Å². The van der Waals surface area contributed by atoms with Crippen LogP contribution in [0.4, 0.5) is 5.69 Å². The van der Waals surface area contributed by atoms with Crippen LogP contribution in [-0.2, 0) is 21.1 Å². The molecule has 174 valence electrons. The lowest BCUT2D eigenvalue weighted by atomic mass is 10.1. The van der Waals surface area contributed by atoms with Crippen LogP contribution >= 0.6 is 11.8 Å². The number of amidine groups is 1. The molecule has 3 aromatic rings. The number of anilines is 1. The standard InChI is InChI=1S/C26H24N2O4S2/c1-18-6-5-7-19(14-18)15-25(29)27-26-28(23-16-34(30,31)17-24(23)33-26)20-10-12-22(13-11-20)32-21-8-3-2-4-9-21/h2-14,23-24H,15-17H2,1H3/t23-,24-/m0/s1. The number of aliphatic imine (C=N–C) groups is 1. The number of amides is 1. The number of fused-ring (bicyclic) bond motifs is 1. The number of aryl methyl sites for hydroxylation is 1.